The molecule has 0 saturated carbocycles. The Kier molecular flexibility index (Phi) is 7.56. The first-order chi connectivity index (χ1) is 10.2. The predicted molar refractivity (Wildman–Crippen MR) is 88.1 cm³/mol. The summed E-state index contributed by atoms with van der Waals surface area (Å²) in [5.74, 6) is -0.0784. The summed E-state index contributed by atoms with van der Waals surface area (Å²) in [6, 6.07) is 5.75. The maximum Gasteiger partial charge on any atom is 0.269 e. The van der Waals surface area contributed by atoms with Crippen LogP contribution in [0.25, 0.3) is 0 Å². The second kappa shape index (κ2) is 9.17. The van der Waals surface area contributed by atoms with Crippen LogP contribution in [-0.2, 0) is 13.6 Å². The van der Waals surface area contributed by atoms with Crippen LogP contribution in [0.3, 0.4) is 0 Å². The molecule has 120 valence electrons. The largest absolute Gasteiger partial charge is 0.351 e. The van der Waals surface area contributed by atoms with Crippen LogP contribution in [0.1, 0.15) is 28.2 Å². The van der Waals surface area contributed by atoms with E-state index in [0.29, 0.717) is 12.2 Å². The average Bonchev–Trinajstić information content (AvgIpc) is 2.82. The van der Waals surface area contributed by atoms with Crippen molar-refractivity contribution in [2.24, 2.45) is 7.05 Å². The van der Waals surface area contributed by atoms with Gasteiger partial charge in [-0.25, -0.2) is 0 Å². The standard InChI is InChI=1S/C15H21N5O.ClH/c1-12-9-14(20(2)19-12)15(21)18-8-4-7-17-11-13-5-3-6-16-10-13;/h3,5-6,9-10,17H,4,7-8,11H2,1-2H3,(H,18,21);1H. The highest BCUT2D eigenvalue weighted by Gasteiger charge is 2.10. The molecule has 2 N–H and O–H groups in total. The van der Waals surface area contributed by atoms with Crippen molar-refractivity contribution in [2.45, 2.75) is 19.9 Å². The minimum atomic E-state index is -0.0784. The zero-order chi connectivity index (χ0) is 15.1. The number of hydrogen-bond donors (Lipinski definition) is 2. The van der Waals surface area contributed by atoms with Gasteiger partial charge in [-0.05, 0) is 37.6 Å². The molecule has 2 aromatic heterocycles. The fourth-order valence-corrected chi connectivity index (χ4v) is 2.06. The summed E-state index contributed by atoms with van der Waals surface area (Å²) in [7, 11) is 1.78. The van der Waals surface area contributed by atoms with Crippen molar-refractivity contribution in [3.05, 3.63) is 47.5 Å². The molecule has 0 fully saturated rings. The quantitative estimate of drug-likeness (QED) is 0.757. The molecule has 7 heteroatoms. The third-order valence-electron chi connectivity index (χ3n) is 3.10. The van der Waals surface area contributed by atoms with E-state index in [1.165, 1.54) is 0 Å². The van der Waals surface area contributed by atoms with Gasteiger partial charge in [0.2, 0.25) is 0 Å². The number of amides is 1. The van der Waals surface area contributed by atoms with Crippen molar-refractivity contribution in [1.29, 1.82) is 0 Å². The summed E-state index contributed by atoms with van der Waals surface area (Å²) >= 11 is 0. The first-order valence-electron chi connectivity index (χ1n) is 7.05. The van der Waals surface area contributed by atoms with Gasteiger partial charge in [0.25, 0.3) is 5.91 Å². The highest BCUT2D eigenvalue weighted by molar-refractivity contribution is 5.92. The summed E-state index contributed by atoms with van der Waals surface area (Å²) in [6.07, 6.45) is 4.49. The van der Waals surface area contributed by atoms with Crippen molar-refractivity contribution in [1.82, 2.24) is 25.4 Å². The molecular formula is C15H22ClN5O. The Balaban J connectivity index is 0.00000242. The summed E-state index contributed by atoms with van der Waals surface area (Å²) < 4.78 is 1.60. The average molecular weight is 324 g/mol. The first-order valence-corrected chi connectivity index (χ1v) is 7.05. The lowest BCUT2D eigenvalue weighted by Gasteiger charge is -2.06. The number of carbonyl (C=O) groups is 1. The van der Waals surface area contributed by atoms with Crippen LogP contribution < -0.4 is 10.6 Å². The van der Waals surface area contributed by atoms with Gasteiger partial charge >= 0.3 is 0 Å². The lowest BCUT2D eigenvalue weighted by molar-refractivity contribution is 0.0944. The van der Waals surface area contributed by atoms with E-state index in [1.54, 1.807) is 24.0 Å². The maximum atomic E-state index is 11.9. The van der Waals surface area contributed by atoms with Gasteiger partial charge in [0, 0.05) is 32.5 Å². The Hall–Kier alpha value is -1.92. The molecular weight excluding hydrogens is 302 g/mol. The first kappa shape index (κ1) is 18.1. The highest BCUT2D eigenvalue weighted by atomic mass is 35.5. The summed E-state index contributed by atoms with van der Waals surface area (Å²) in [6.45, 7) is 4.16. The number of rotatable bonds is 7. The molecule has 0 atom stereocenters. The van der Waals surface area contributed by atoms with E-state index in [2.05, 4.69) is 20.7 Å². The van der Waals surface area contributed by atoms with Gasteiger partial charge < -0.3 is 10.6 Å². The van der Waals surface area contributed by atoms with E-state index in [0.717, 1.165) is 30.8 Å². The van der Waals surface area contributed by atoms with Crippen LogP contribution in [0, 0.1) is 6.92 Å². The minimum absolute atomic E-state index is 0. The van der Waals surface area contributed by atoms with E-state index in [-0.39, 0.29) is 18.3 Å². The van der Waals surface area contributed by atoms with E-state index in [9.17, 15) is 4.79 Å². The van der Waals surface area contributed by atoms with Crippen molar-refractivity contribution >= 4 is 18.3 Å². The number of aromatic nitrogens is 3. The van der Waals surface area contributed by atoms with Crippen LogP contribution in [-0.4, -0.2) is 33.8 Å². The molecule has 0 aromatic carbocycles. The minimum Gasteiger partial charge on any atom is -0.351 e. The molecule has 2 aromatic rings. The van der Waals surface area contributed by atoms with Crippen molar-refractivity contribution in [3.8, 4) is 0 Å². The SMILES string of the molecule is Cc1cc(C(=O)NCCCNCc2cccnc2)n(C)n1.Cl. The molecule has 0 unspecified atom stereocenters. The van der Waals surface area contributed by atoms with Crippen LogP contribution in [0.2, 0.25) is 0 Å². The van der Waals surface area contributed by atoms with E-state index < -0.39 is 0 Å². The number of pyridine rings is 1. The Morgan fingerprint density at radius 3 is 2.82 bits per heavy atom. The van der Waals surface area contributed by atoms with Gasteiger partial charge in [0.05, 0.1) is 5.69 Å². The van der Waals surface area contributed by atoms with Crippen molar-refractivity contribution in [2.75, 3.05) is 13.1 Å². The predicted octanol–water partition coefficient (Wildman–Crippen LogP) is 1.46. The third kappa shape index (κ3) is 5.46. The Labute approximate surface area is 136 Å². The maximum absolute atomic E-state index is 11.9. The zero-order valence-corrected chi connectivity index (χ0v) is 13.7. The molecule has 0 spiro atoms. The lowest BCUT2D eigenvalue weighted by atomic mass is 10.3. The van der Waals surface area contributed by atoms with Gasteiger partial charge in [0.15, 0.2) is 0 Å². The van der Waals surface area contributed by atoms with Gasteiger partial charge in [0.1, 0.15) is 5.69 Å². The van der Waals surface area contributed by atoms with Crippen LogP contribution in [0.15, 0.2) is 30.6 Å². The van der Waals surface area contributed by atoms with Gasteiger partial charge in [-0.3, -0.25) is 14.5 Å². The zero-order valence-electron chi connectivity index (χ0n) is 12.9. The Bertz CT molecular complexity index is 585. The van der Waals surface area contributed by atoms with Crippen LogP contribution in [0.4, 0.5) is 0 Å². The van der Waals surface area contributed by atoms with Crippen molar-refractivity contribution in [3.63, 3.8) is 0 Å². The van der Waals surface area contributed by atoms with Gasteiger partial charge in [-0.2, -0.15) is 5.10 Å². The number of halogens is 1. The second-order valence-corrected chi connectivity index (χ2v) is 4.94. The van der Waals surface area contributed by atoms with Crippen LogP contribution >= 0.6 is 12.4 Å². The van der Waals surface area contributed by atoms with Crippen molar-refractivity contribution < 1.29 is 4.79 Å². The summed E-state index contributed by atoms with van der Waals surface area (Å²) in [4.78, 5) is 16.0. The van der Waals surface area contributed by atoms with Gasteiger partial charge in [-0.1, -0.05) is 6.07 Å². The molecule has 0 radical (unpaired) electrons. The Morgan fingerprint density at radius 2 is 2.18 bits per heavy atom. The monoisotopic (exact) mass is 323 g/mol. The molecule has 0 aliphatic rings. The molecule has 2 heterocycles. The van der Waals surface area contributed by atoms with E-state index in [4.69, 9.17) is 0 Å². The fourth-order valence-electron chi connectivity index (χ4n) is 2.06. The molecule has 0 aliphatic heterocycles. The Morgan fingerprint density at radius 1 is 1.36 bits per heavy atom. The third-order valence-corrected chi connectivity index (χ3v) is 3.10. The summed E-state index contributed by atoms with van der Waals surface area (Å²) in [5.41, 5.74) is 2.60. The molecule has 0 saturated heterocycles. The normalized spacial score (nSPS) is 10.1. The summed E-state index contributed by atoms with van der Waals surface area (Å²) in [5, 5.41) is 10.4. The van der Waals surface area contributed by atoms with E-state index in [1.807, 2.05) is 25.3 Å². The lowest BCUT2D eigenvalue weighted by Crippen LogP contribution is -2.28. The smallest absolute Gasteiger partial charge is 0.269 e. The van der Waals surface area contributed by atoms with Gasteiger partial charge in [-0.15, -0.1) is 12.4 Å². The highest BCUT2D eigenvalue weighted by Crippen LogP contribution is 2.01. The molecule has 22 heavy (non-hydrogen) atoms. The number of nitrogens with one attached hydrogen (secondary N) is 2. The molecule has 0 bridgehead atoms. The van der Waals surface area contributed by atoms with Crippen LogP contribution in [0.5, 0.6) is 0 Å². The number of hydrogen-bond acceptors (Lipinski definition) is 4. The molecule has 2 rings (SSSR count). The number of aryl methyl sites for hydroxylation is 2. The molecule has 1 amide bonds. The molecule has 6 nitrogen and oxygen atoms in total. The molecule has 0 aliphatic carbocycles. The second-order valence-electron chi connectivity index (χ2n) is 4.94. The van der Waals surface area contributed by atoms with E-state index >= 15 is 0 Å². The number of carbonyl (C=O) groups excluding carboxylic acids is 1. The topological polar surface area (TPSA) is 71.8 Å². The number of nitrogens with zero attached hydrogens (tertiary/aromatic N) is 3. The fraction of sp³-hybridized carbons (Fsp3) is 0.400.